The molecule has 144 valence electrons. The summed E-state index contributed by atoms with van der Waals surface area (Å²) < 4.78 is 5.27. The fourth-order valence-electron chi connectivity index (χ4n) is 2.91. The molecule has 2 aromatic rings. The number of hydrogen-bond acceptors (Lipinski definition) is 4. The van der Waals surface area contributed by atoms with E-state index in [2.05, 4.69) is 5.32 Å². The van der Waals surface area contributed by atoms with E-state index in [-0.39, 0.29) is 24.2 Å². The highest BCUT2D eigenvalue weighted by Crippen LogP contribution is 2.22. The Kier molecular flexibility index (Phi) is 6.96. The number of amides is 2. The zero-order valence-corrected chi connectivity index (χ0v) is 16.0. The zero-order valence-electron chi connectivity index (χ0n) is 15.2. The molecule has 0 unspecified atom stereocenters. The summed E-state index contributed by atoms with van der Waals surface area (Å²) in [6, 6.07) is 16.3. The van der Waals surface area contributed by atoms with Crippen molar-refractivity contribution >= 4 is 35.6 Å². The summed E-state index contributed by atoms with van der Waals surface area (Å²) in [6.07, 6.45) is 0.961. The zero-order chi connectivity index (χ0) is 18.6. The number of halogens is 1. The fraction of sp³-hybridized carbons (Fsp3) is 0.300. The molecule has 0 aromatic heterocycles. The van der Waals surface area contributed by atoms with Crippen LogP contribution in [-0.2, 0) is 9.53 Å². The van der Waals surface area contributed by atoms with Crippen LogP contribution in [0.2, 0.25) is 0 Å². The molecule has 0 bridgehead atoms. The number of anilines is 2. The predicted molar refractivity (Wildman–Crippen MR) is 108 cm³/mol. The van der Waals surface area contributed by atoms with Crippen LogP contribution >= 0.6 is 12.4 Å². The maximum Gasteiger partial charge on any atom is 0.258 e. The smallest absolute Gasteiger partial charge is 0.258 e. The number of carbonyl (C=O) groups excluding carboxylic acids is 2. The highest BCUT2D eigenvalue weighted by atomic mass is 35.5. The molecule has 0 atom stereocenters. The van der Waals surface area contributed by atoms with E-state index in [0.717, 1.165) is 5.69 Å². The van der Waals surface area contributed by atoms with E-state index < -0.39 is 5.54 Å². The molecular formula is C20H24ClN3O3. The molecule has 1 heterocycles. The van der Waals surface area contributed by atoms with E-state index in [0.29, 0.717) is 37.3 Å². The maximum absolute atomic E-state index is 12.7. The van der Waals surface area contributed by atoms with Gasteiger partial charge in [-0.15, -0.1) is 12.4 Å². The summed E-state index contributed by atoms with van der Waals surface area (Å²) in [4.78, 5) is 26.8. The molecule has 2 amide bonds. The van der Waals surface area contributed by atoms with E-state index in [9.17, 15) is 9.59 Å². The van der Waals surface area contributed by atoms with E-state index in [4.69, 9.17) is 10.5 Å². The number of ether oxygens (including phenoxy) is 1. The first-order valence-electron chi connectivity index (χ1n) is 8.61. The molecule has 2 aromatic carbocycles. The van der Waals surface area contributed by atoms with Gasteiger partial charge in [-0.05, 0) is 43.2 Å². The topological polar surface area (TPSA) is 84.7 Å². The van der Waals surface area contributed by atoms with Gasteiger partial charge in [0.25, 0.3) is 5.91 Å². The second-order valence-electron chi connectivity index (χ2n) is 6.50. The number of nitrogens with one attached hydrogen (secondary N) is 1. The SMILES string of the molecule is CN(C(=O)c1cccc(NC(=O)C2(N)CCOCC2)c1)c1ccccc1.Cl. The molecule has 27 heavy (non-hydrogen) atoms. The Labute approximate surface area is 165 Å². The van der Waals surface area contributed by atoms with Crippen molar-refractivity contribution in [3.05, 3.63) is 60.2 Å². The lowest BCUT2D eigenvalue weighted by Gasteiger charge is -2.31. The summed E-state index contributed by atoms with van der Waals surface area (Å²) in [7, 11) is 1.72. The van der Waals surface area contributed by atoms with E-state index >= 15 is 0 Å². The van der Waals surface area contributed by atoms with Crippen LogP contribution in [0, 0.1) is 0 Å². The lowest BCUT2D eigenvalue weighted by atomic mass is 9.90. The Morgan fingerprint density at radius 2 is 1.74 bits per heavy atom. The average Bonchev–Trinajstić information content (AvgIpc) is 2.68. The number of nitrogens with zero attached hydrogens (tertiary/aromatic N) is 1. The van der Waals surface area contributed by atoms with Gasteiger partial charge < -0.3 is 20.7 Å². The maximum atomic E-state index is 12.7. The third-order valence-electron chi connectivity index (χ3n) is 4.65. The van der Waals surface area contributed by atoms with Gasteiger partial charge in [0.15, 0.2) is 0 Å². The minimum absolute atomic E-state index is 0. The molecule has 1 aliphatic heterocycles. The van der Waals surface area contributed by atoms with Crippen LogP contribution in [0.5, 0.6) is 0 Å². The Hall–Kier alpha value is -2.41. The lowest BCUT2D eigenvalue weighted by Crippen LogP contribution is -2.54. The molecular weight excluding hydrogens is 366 g/mol. The summed E-state index contributed by atoms with van der Waals surface area (Å²) in [5, 5.41) is 2.84. The van der Waals surface area contributed by atoms with Crippen molar-refractivity contribution in [2.45, 2.75) is 18.4 Å². The van der Waals surface area contributed by atoms with E-state index in [1.165, 1.54) is 0 Å². The van der Waals surface area contributed by atoms with Gasteiger partial charge in [-0.25, -0.2) is 0 Å². The molecule has 3 rings (SSSR count). The number of nitrogens with two attached hydrogens (primary N) is 1. The second kappa shape index (κ2) is 8.99. The quantitative estimate of drug-likeness (QED) is 0.842. The van der Waals surface area contributed by atoms with Crippen molar-refractivity contribution in [1.29, 1.82) is 0 Å². The van der Waals surface area contributed by atoms with Gasteiger partial charge in [-0.2, -0.15) is 0 Å². The van der Waals surface area contributed by atoms with Crippen LogP contribution in [0.1, 0.15) is 23.2 Å². The van der Waals surface area contributed by atoms with Crippen LogP contribution in [0.4, 0.5) is 11.4 Å². The van der Waals surface area contributed by atoms with Crippen LogP contribution in [0.3, 0.4) is 0 Å². The van der Waals surface area contributed by atoms with Gasteiger partial charge in [0.05, 0.1) is 0 Å². The molecule has 0 spiro atoms. The van der Waals surface area contributed by atoms with Crippen molar-refractivity contribution in [3.63, 3.8) is 0 Å². The van der Waals surface area contributed by atoms with Crippen LogP contribution in [0.15, 0.2) is 54.6 Å². The Morgan fingerprint density at radius 1 is 1.07 bits per heavy atom. The van der Waals surface area contributed by atoms with Gasteiger partial charge in [0.2, 0.25) is 5.91 Å². The van der Waals surface area contributed by atoms with Crippen LogP contribution in [0.25, 0.3) is 0 Å². The molecule has 3 N–H and O–H groups in total. The number of hydrogen-bond donors (Lipinski definition) is 2. The van der Waals surface area contributed by atoms with Crippen molar-refractivity contribution < 1.29 is 14.3 Å². The van der Waals surface area contributed by atoms with Crippen LogP contribution in [-0.4, -0.2) is 37.6 Å². The second-order valence-corrected chi connectivity index (χ2v) is 6.50. The monoisotopic (exact) mass is 389 g/mol. The lowest BCUT2D eigenvalue weighted by molar-refractivity contribution is -0.124. The van der Waals surface area contributed by atoms with Gasteiger partial charge in [0.1, 0.15) is 5.54 Å². The van der Waals surface area contributed by atoms with E-state index in [1.54, 1.807) is 36.2 Å². The Bertz CT molecular complexity index is 792. The van der Waals surface area contributed by atoms with Gasteiger partial charge in [-0.1, -0.05) is 24.3 Å². The number of benzene rings is 2. The predicted octanol–water partition coefficient (Wildman–Crippen LogP) is 2.83. The highest BCUT2D eigenvalue weighted by molar-refractivity contribution is 6.07. The Morgan fingerprint density at radius 3 is 2.41 bits per heavy atom. The van der Waals surface area contributed by atoms with E-state index in [1.807, 2.05) is 30.3 Å². The van der Waals surface area contributed by atoms with Crippen LogP contribution < -0.4 is 16.0 Å². The highest BCUT2D eigenvalue weighted by Gasteiger charge is 2.36. The number of carbonyl (C=O) groups is 2. The molecule has 1 aliphatic rings. The van der Waals surface area contributed by atoms with Gasteiger partial charge in [-0.3, -0.25) is 9.59 Å². The molecule has 0 aliphatic carbocycles. The van der Waals surface area contributed by atoms with Gasteiger partial charge >= 0.3 is 0 Å². The van der Waals surface area contributed by atoms with Crippen molar-refractivity contribution in [2.24, 2.45) is 5.73 Å². The normalized spacial score (nSPS) is 15.3. The first kappa shape index (κ1) is 20.9. The van der Waals surface area contributed by atoms with Crippen molar-refractivity contribution in [1.82, 2.24) is 0 Å². The Balaban J connectivity index is 0.00000261. The summed E-state index contributed by atoms with van der Waals surface area (Å²) in [5.74, 6) is -0.400. The minimum atomic E-state index is -0.931. The number of para-hydroxylation sites is 1. The first-order chi connectivity index (χ1) is 12.5. The number of rotatable bonds is 4. The first-order valence-corrected chi connectivity index (χ1v) is 8.61. The molecule has 0 radical (unpaired) electrons. The molecule has 7 heteroatoms. The van der Waals surface area contributed by atoms with Gasteiger partial charge in [0, 0.05) is 37.2 Å². The third kappa shape index (κ3) is 4.86. The summed E-state index contributed by atoms with van der Waals surface area (Å²) >= 11 is 0. The summed E-state index contributed by atoms with van der Waals surface area (Å²) in [5.41, 5.74) is 7.12. The fourth-order valence-corrected chi connectivity index (χ4v) is 2.91. The molecule has 0 saturated carbocycles. The third-order valence-corrected chi connectivity index (χ3v) is 4.65. The van der Waals surface area contributed by atoms with Crippen molar-refractivity contribution in [3.8, 4) is 0 Å². The summed E-state index contributed by atoms with van der Waals surface area (Å²) in [6.45, 7) is 0.953. The minimum Gasteiger partial charge on any atom is -0.381 e. The largest absolute Gasteiger partial charge is 0.381 e. The van der Waals surface area contributed by atoms with Crippen molar-refractivity contribution in [2.75, 3.05) is 30.5 Å². The molecule has 6 nitrogen and oxygen atoms in total. The molecule has 1 saturated heterocycles. The standard InChI is InChI=1S/C20H23N3O3.ClH/c1-23(17-8-3-2-4-9-17)18(24)15-6-5-7-16(14-15)22-19(25)20(21)10-12-26-13-11-20;/h2-9,14H,10-13,21H2,1H3,(H,22,25);1H. The average molecular weight is 390 g/mol. The molecule has 1 fully saturated rings.